The van der Waals surface area contributed by atoms with Crippen LogP contribution >= 0.6 is 0 Å². The average Bonchev–Trinajstić information content (AvgIpc) is 3.08. The summed E-state index contributed by atoms with van der Waals surface area (Å²) >= 11 is 0. The summed E-state index contributed by atoms with van der Waals surface area (Å²) < 4.78 is 0. The van der Waals surface area contributed by atoms with E-state index in [0.717, 1.165) is 19.5 Å². The van der Waals surface area contributed by atoms with Crippen LogP contribution < -0.4 is 5.73 Å². The highest BCUT2D eigenvalue weighted by Gasteiger charge is 2.28. The second kappa shape index (κ2) is 6.04. The van der Waals surface area contributed by atoms with Gasteiger partial charge in [0.2, 0.25) is 0 Å². The van der Waals surface area contributed by atoms with Gasteiger partial charge < -0.3 is 5.73 Å². The monoisotopic (exact) mass is 259 g/mol. The summed E-state index contributed by atoms with van der Waals surface area (Å²) in [4.78, 5) is 5.19. The molecular formula is C16H25N3. The lowest BCUT2D eigenvalue weighted by Crippen LogP contribution is -2.37. The van der Waals surface area contributed by atoms with Crippen molar-refractivity contribution in [1.82, 2.24) is 9.80 Å². The van der Waals surface area contributed by atoms with Crippen LogP contribution in [0, 0.1) is 0 Å². The van der Waals surface area contributed by atoms with Crippen molar-refractivity contribution in [1.29, 1.82) is 0 Å². The lowest BCUT2D eigenvalue weighted by atomic mass is 10.1. The van der Waals surface area contributed by atoms with Crippen molar-refractivity contribution in [2.45, 2.75) is 31.3 Å². The zero-order valence-corrected chi connectivity index (χ0v) is 11.7. The van der Waals surface area contributed by atoms with Gasteiger partial charge in [-0.25, -0.2) is 0 Å². The van der Waals surface area contributed by atoms with Crippen LogP contribution in [0.15, 0.2) is 30.3 Å². The van der Waals surface area contributed by atoms with Gasteiger partial charge in [0, 0.05) is 25.2 Å². The highest BCUT2D eigenvalue weighted by molar-refractivity contribution is 5.20. The molecule has 2 aliphatic rings. The molecule has 0 aromatic heterocycles. The van der Waals surface area contributed by atoms with E-state index in [0.29, 0.717) is 12.1 Å². The predicted molar refractivity (Wildman–Crippen MR) is 79.0 cm³/mol. The lowest BCUT2D eigenvalue weighted by molar-refractivity contribution is 0.179. The van der Waals surface area contributed by atoms with Crippen molar-refractivity contribution in [3.8, 4) is 0 Å². The number of hydrogen-bond acceptors (Lipinski definition) is 3. The molecule has 0 saturated carbocycles. The van der Waals surface area contributed by atoms with Gasteiger partial charge in [0.25, 0.3) is 0 Å². The summed E-state index contributed by atoms with van der Waals surface area (Å²) in [5.74, 6) is 0. The number of likely N-dealkylation sites (tertiary alicyclic amines) is 2. The Bertz CT molecular complexity index is 386. The Balaban J connectivity index is 1.72. The number of nitrogens with zero attached hydrogens (tertiary/aromatic N) is 2. The first kappa shape index (κ1) is 13.1. The van der Waals surface area contributed by atoms with Crippen LogP contribution in [0.5, 0.6) is 0 Å². The molecule has 19 heavy (non-hydrogen) atoms. The molecule has 2 saturated heterocycles. The van der Waals surface area contributed by atoms with Crippen molar-refractivity contribution in [2.75, 3.05) is 32.7 Å². The van der Waals surface area contributed by atoms with Gasteiger partial charge in [0.15, 0.2) is 0 Å². The van der Waals surface area contributed by atoms with Gasteiger partial charge in [0.1, 0.15) is 0 Å². The van der Waals surface area contributed by atoms with Crippen LogP contribution in [0.3, 0.4) is 0 Å². The van der Waals surface area contributed by atoms with E-state index < -0.39 is 0 Å². The number of benzene rings is 1. The molecule has 2 heterocycles. The van der Waals surface area contributed by atoms with E-state index in [1.807, 2.05) is 0 Å². The van der Waals surface area contributed by atoms with E-state index in [2.05, 4.69) is 40.1 Å². The fourth-order valence-electron chi connectivity index (χ4n) is 3.43. The van der Waals surface area contributed by atoms with E-state index in [4.69, 9.17) is 5.73 Å². The maximum Gasteiger partial charge on any atom is 0.0475 e. The molecule has 2 unspecified atom stereocenters. The largest absolute Gasteiger partial charge is 0.326 e. The Kier molecular flexibility index (Phi) is 4.16. The molecule has 0 amide bonds. The number of rotatable bonds is 4. The Morgan fingerprint density at radius 2 is 1.84 bits per heavy atom. The minimum Gasteiger partial charge on any atom is -0.326 e. The fourth-order valence-corrected chi connectivity index (χ4v) is 3.43. The van der Waals surface area contributed by atoms with Crippen LogP contribution in [-0.2, 0) is 0 Å². The summed E-state index contributed by atoms with van der Waals surface area (Å²) in [7, 11) is 0. The topological polar surface area (TPSA) is 32.5 Å². The highest BCUT2D eigenvalue weighted by Crippen LogP contribution is 2.27. The molecule has 2 atom stereocenters. The third kappa shape index (κ3) is 3.16. The van der Waals surface area contributed by atoms with E-state index in [9.17, 15) is 0 Å². The third-order valence-corrected chi connectivity index (χ3v) is 4.51. The first-order valence-electron chi connectivity index (χ1n) is 7.60. The summed E-state index contributed by atoms with van der Waals surface area (Å²) in [6.07, 6.45) is 3.85. The standard InChI is InChI=1S/C16H25N3/c17-15-8-11-18(12-15)13-16(19-9-4-5-10-19)14-6-2-1-3-7-14/h1-3,6-7,15-16H,4-5,8-13,17H2. The molecule has 2 N–H and O–H groups in total. The van der Waals surface area contributed by atoms with Crippen molar-refractivity contribution < 1.29 is 0 Å². The molecule has 0 spiro atoms. The van der Waals surface area contributed by atoms with E-state index in [1.54, 1.807) is 0 Å². The fraction of sp³-hybridized carbons (Fsp3) is 0.625. The molecule has 104 valence electrons. The van der Waals surface area contributed by atoms with Crippen LogP contribution in [-0.4, -0.2) is 48.6 Å². The van der Waals surface area contributed by atoms with Gasteiger partial charge in [-0.3, -0.25) is 9.80 Å². The lowest BCUT2D eigenvalue weighted by Gasteiger charge is -2.31. The SMILES string of the molecule is NC1CCN(CC(c2ccccc2)N2CCCC2)C1. The van der Waals surface area contributed by atoms with Crippen molar-refractivity contribution in [2.24, 2.45) is 5.73 Å². The smallest absolute Gasteiger partial charge is 0.0475 e. The normalized spacial score (nSPS) is 26.9. The number of hydrogen-bond donors (Lipinski definition) is 1. The van der Waals surface area contributed by atoms with Gasteiger partial charge in [-0.1, -0.05) is 30.3 Å². The Hall–Kier alpha value is -0.900. The van der Waals surface area contributed by atoms with Crippen molar-refractivity contribution in [3.05, 3.63) is 35.9 Å². The first-order chi connectivity index (χ1) is 9.33. The summed E-state index contributed by atoms with van der Waals surface area (Å²) in [5.41, 5.74) is 7.50. The number of nitrogens with two attached hydrogens (primary N) is 1. The summed E-state index contributed by atoms with van der Waals surface area (Å²) in [6.45, 7) is 5.87. The molecule has 1 aromatic rings. The quantitative estimate of drug-likeness (QED) is 0.896. The molecule has 2 fully saturated rings. The van der Waals surface area contributed by atoms with Crippen LogP contribution in [0.1, 0.15) is 30.9 Å². The second-order valence-electron chi connectivity index (χ2n) is 5.98. The maximum absolute atomic E-state index is 6.04. The molecular weight excluding hydrogens is 234 g/mol. The highest BCUT2D eigenvalue weighted by atomic mass is 15.2. The van der Waals surface area contributed by atoms with Gasteiger partial charge in [0.05, 0.1) is 0 Å². The maximum atomic E-state index is 6.04. The molecule has 2 aliphatic heterocycles. The average molecular weight is 259 g/mol. The zero-order valence-electron chi connectivity index (χ0n) is 11.7. The van der Waals surface area contributed by atoms with E-state index in [1.165, 1.54) is 38.0 Å². The minimum absolute atomic E-state index is 0.384. The van der Waals surface area contributed by atoms with Crippen molar-refractivity contribution >= 4 is 0 Å². The third-order valence-electron chi connectivity index (χ3n) is 4.51. The van der Waals surface area contributed by atoms with E-state index >= 15 is 0 Å². The molecule has 3 rings (SSSR count). The molecule has 1 aromatic carbocycles. The van der Waals surface area contributed by atoms with Gasteiger partial charge >= 0.3 is 0 Å². The molecule has 0 aliphatic carbocycles. The Morgan fingerprint density at radius 1 is 1.11 bits per heavy atom. The Labute approximate surface area is 116 Å². The van der Waals surface area contributed by atoms with Crippen LogP contribution in [0.4, 0.5) is 0 Å². The summed E-state index contributed by atoms with van der Waals surface area (Å²) in [5, 5.41) is 0. The van der Waals surface area contributed by atoms with Crippen LogP contribution in [0.25, 0.3) is 0 Å². The van der Waals surface area contributed by atoms with Crippen LogP contribution in [0.2, 0.25) is 0 Å². The van der Waals surface area contributed by atoms with Gasteiger partial charge in [-0.2, -0.15) is 0 Å². The molecule has 3 heteroatoms. The van der Waals surface area contributed by atoms with Crippen molar-refractivity contribution in [3.63, 3.8) is 0 Å². The molecule has 0 bridgehead atoms. The summed E-state index contributed by atoms with van der Waals surface area (Å²) in [6, 6.07) is 11.9. The second-order valence-corrected chi connectivity index (χ2v) is 5.98. The Morgan fingerprint density at radius 3 is 2.47 bits per heavy atom. The minimum atomic E-state index is 0.384. The predicted octanol–water partition coefficient (Wildman–Crippen LogP) is 1.86. The zero-order chi connectivity index (χ0) is 13.1. The molecule has 0 radical (unpaired) electrons. The van der Waals surface area contributed by atoms with Gasteiger partial charge in [-0.05, 0) is 44.5 Å². The molecule has 3 nitrogen and oxygen atoms in total. The van der Waals surface area contributed by atoms with Gasteiger partial charge in [-0.15, -0.1) is 0 Å². The van der Waals surface area contributed by atoms with E-state index in [-0.39, 0.29) is 0 Å². The first-order valence-corrected chi connectivity index (χ1v) is 7.60.